The van der Waals surface area contributed by atoms with Crippen LogP contribution in [0.3, 0.4) is 0 Å². The molecule has 4 rings (SSSR count). The second-order valence-corrected chi connectivity index (χ2v) is 6.66. The lowest BCUT2D eigenvalue weighted by molar-refractivity contribution is 0.469. The smallest absolute Gasteiger partial charge is 0.139 e. The molecule has 0 amide bonds. The zero-order valence-corrected chi connectivity index (χ0v) is 13.4. The fourth-order valence-electron chi connectivity index (χ4n) is 3.25. The predicted octanol–water partition coefficient (Wildman–Crippen LogP) is 4.11. The van der Waals surface area contributed by atoms with Gasteiger partial charge in [-0.1, -0.05) is 12.1 Å². The highest BCUT2D eigenvalue weighted by molar-refractivity contribution is 7.17. The molecular weight excluding hydrogens is 294 g/mol. The average Bonchev–Trinajstić information content (AvgIpc) is 3.05. The Bertz CT molecular complexity index is 872. The van der Waals surface area contributed by atoms with E-state index < -0.39 is 0 Å². The van der Waals surface area contributed by atoms with Crippen LogP contribution < -0.4 is 5.32 Å². The number of anilines is 1. The van der Waals surface area contributed by atoms with Gasteiger partial charge in [0.15, 0.2) is 0 Å². The molecule has 3 aromatic rings. The number of thiophene rings is 1. The molecule has 1 aromatic carbocycles. The molecule has 4 nitrogen and oxygen atoms in total. The minimum absolute atomic E-state index is 0.193. The van der Waals surface area contributed by atoms with Crippen LogP contribution in [-0.2, 0) is 6.42 Å². The van der Waals surface area contributed by atoms with E-state index in [9.17, 15) is 5.11 Å². The Morgan fingerprint density at radius 3 is 3.00 bits per heavy atom. The monoisotopic (exact) mass is 311 g/mol. The van der Waals surface area contributed by atoms with Crippen molar-refractivity contribution >= 4 is 27.4 Å². The van der Waals surface area contributed by atoms with Gasteiger partial charge in [-0.05, 0) is 54.8 Å². The number of fused-ring (bicyclic) bond motifs is 2. The molecule has 2 N–H and O–H groups in total. The van der Waals surface area contributed by atoms with Crippen molar-refractivity contribution in [2.75, 3.05) is 5.32 Å². The highest BCUT2D eigenvalue weighted by atomic mass is 32.1. The van der Waals surface area contributed by atoms with Gasteiger partial charge in [-0.3, -0.25) is 0 Å². The molecule has 1 aliphatic carbocycles. The molecule has 0 spiro atoms. The number of nitrogens with zero attached hydrogens (tertiary/aromatic N) is 2. The molecule has 22 heavy (non-hydrogen) atoms. The van der Waals surface area contributed by atoms with Crippen molar-refractivity contribution in [2.45, 2.75) is 32.7 Å². The van der Waals surface area contributed by atoms with Gasteiger partial charge in [0, 0.05) is 0 Å². The van der Waals surface area contributed by atoms with Crippen molar-refractivity contribution in [2.24, 2.45) is 0 Å². The largest absolute Gasteiger partial charge is 0.508 e. The number of nitrogens with one attached hydrogen (secondary N) is 1. The molecule has 0 fully saturated rings. The molecule has 112 valence electrons. The summed E-state index contributed by atoms with van der Waals surface area (Å²) < 4.78 is 0. The lowest BCUT2D eigenvalue weighted by atomic mass is 10.1. The number of phenolic OH excluding ortho intramolecular Hbond substituents is 1. The molecule has 2 aromatic heterocycles. The van der Waals surface area contributed by atoms with Crippen LogP contribution in [0.15, 0.2) is 23.6 Å². The first-order chi connectivity index (χ1) is 10.6. The Morgan fingerprint density at radius 2 is 2.14 bits per heavy atom. The Kier molecular flexibility index (Phi) is 3.04. The zero-order chi connectivity index (χ0) is 15.3. The van der Waals surface area contributed by atoms with Crippen molar-refractivity contribution in [3.05, 3.63) is 46.1 Å². The fourth-order valence-corrected chi connectivity index (χ4v) is 4.21. The van der Waals surface area contributed by atoms with Crippen molar-refractivity contribution in [3.8, 4) is 5.75 Å². The maximum absolute atomic E-state index is 9.99. The van der Waals surface area contributed by atoms with E-state index in [1.165, 1.54) is 11.1 Å². The van der Waals surface area contributed by atoms with Crippen molar-refractivity contribution in [3.63, 3.8) is 0 Å². The van der Waals surface area contributed by atoms with Crippen LogP contribution in [0.25, 0.3) is 10.2 Å². The average molecular weight is 311 g/mol. The number of benzene rings is 1. The Hall–Kier alpha value is -2.14. The number of aryl methyl sites for hydroxylation is 2. The van der Waals surface area contributed by atoms with Gasteiger partial charge in [-0.25, -0.2) is 9.97 Å². The molecule has 0 saturated carbocycles. The first-order valence-electron chi connectivity index (χ1n) is 7.43. The number of aromatic hydroxyl groups is 1. The quantitative estimate of drug-likeness (QED) is 0.747. The normalized spacial score (nSPS) is 16.9. The lowest BCUT2D eigenvalue weighted by Gasteiger charge is -2.16. The topological polar surface area (TPSA) is 58.0 Å². The van der Waals surface area contributed by atoms with Crippen molar-refractivity contribution in [1.29, 1.82) is 0 Å². The second-order valence-electron chi connectivity index (χ2n) is 5.80. The standard InChI is InChI=1S/C17H17N3OS/c1-9-8-22-17-15(9)16(18-10(2)19-17)20-13-7-6-12-11(13)4-3-5-14(12)21/h3-5,8,13,21H,6-7H2,1-2H3,(H,18,19,20). The van der Waals surface area contributed by atoms with Gasteiger partial charge in [0.1, 0.15) is 22.2 Å². The predicted molar refractivity (Wildman–Crippen MR) is 89.7 cm³/mol. The van der Waals surface area contributed by atoms with E-state index in [-0.39, 0.29) is 6.04 Å². The van der Waals surface area contributed by atoms with Gasteiger partial charge in [-0.2, -0.15) is 0 Å². The van der Waals surface area contributed by atoms with Crippen molar-refractivity contribution in [1.82, 2.24) is 9.97 Å². The molecule has 0 saturated heterocycles. The number of hydrogen-bond acceptors (Lipinski definition) is 5. The van der Waals surface area contributed by atoms with E-state index in [1.807, 2.05) is 13.0 Å². The van der Waals surface area contributed by atoms with E-state index in [0.29, 0.717) is 5.75 Å². The lowest BCUT2D eigenvalue weighted by Crippen LogP contribution is -2.09. The Labute approximate surface area is 132 Å². The summed E-state index contributed by atoms with van der Waals surface area (Å²) in [5.74, 6) is 2.09. The third-order valence-electron chi connectivity index (χ3n) is 4.29. The second kappa shape index (κ2) is 4.95. The van der Waals surface area contributed by atoms with E-state index in [2.05, 4.69) is 33.7 Å². The molecule has 0 bridgehead atoms. The molecule has 0 aliphatic heterocycles. The van der Waals surface area contributed by atoms with Crippen LogP contribution in [0.1, 0.15) is 35.0 Å². The van der Waals surface area contributed by atoms with Gasteiger partial charge < -0.3 is 10.4 Å². The van der Waals surface area contributed by atoms with Crippen LogP contribution in [-0.4, -0.2) is 15.1 Å². The highest BCUT2D eigenvalue weighted by Crippen LogP contribution is 2.39. The molecule has 5 heteroatoms. The third kappa shape index (κ3) is 2.04. The van der Waals surface area contributed by atoms with Crippen LogP contribution in [0, 0.1) is 13.8 Å². The summed E-state index contributed by atoms with van der Waals surface area (Å²) in [5.41, 5.74) is 3.44. The molecule has 1 atom stereocenters. The summed E-state index contributed by atoms with van der Waals surface area (Å²) in [6.07, 6.45) is 1.87. The SMILES string of the molecule is Cc1nc(NC2CCc3c(O)cccc32)c2c(C)csc2n1. The number of rotatable bonds is 2. The van der Waals surface area contributed by atoms with Gasteiger partial charge in [0.2, 0.25) is 0 Å². The molecule has 2 heterocycles. The van der Waals surface area contributed by atoms with E-state index in [0.717, 1.165) is 40.3 Å². The molecule has 1 unspecified atom stereocenters. The minimum Gasteiger partial charge on any atom is -0.508 e. The molecule has 0 radical (unpaired) electrons. The van der Waals surface area contributed by atoms with Crippen molar-refractivity contribution < 1.29 is 5.11 Å². The van der Waals surface area contributed by atoms with E-state index in [1.54, 1.807) is 17.4 Å². The summed E-state index contributed by atoms with van der Waals surface area (Å²) >= 11 is 1.66. The Morgan fingerprint density at radius 1 is 1.27 bits per heavy atom. The maximum Gasteiger partial charge on any atom is 0.139 e. The molecule has 1 aliphatic rings. The summed E-state index contributed by atoms with van der Waals surface area (Å²) in [5, 5.41) is 16.8. The van der Waals surface area contributed by atoms with Gasteiger partial charge in [-0.15, -0.1) is 11.3 Å². The van der Waals surface area contributed by atoms with Gasteiger partial charge in [0.25, 0.3) is 0 Å². The summed E-state index contributed by atoms with van der Waals surface area (Å²) in [6.45, 7) is 4.02. The molecular formula is C17H17N3OS. The maximum atomic E-state index is 9.99. The van der Waals surface area contributed by atoms with E-state index >= 15 is 0 Å². The number of hydrogen-bond donors (Lipinski definition) is 2. The summed E-state index contributed by atoms with van der Waals surface area (Å²) in [7, 11) is 0. The first-order valence-corrected chi connectivity index (χ1v) is 8.31. The van der Waals surface area contributed by atoms with E-state index in [4.69, 9.17) is 0 Å². The summed E-state index contributed by atoms with van der Waals surface area (Å²) in [6, 6.07) is 5.95. The van der Waals surface area contributed by atoms with Gasteiger partial charge in [0.05, 0.1) is 11.4 Å². The first kappa shape index (κ1) is 13.5. The highest BCUT2D eigenvalue weighted by Gasteiger charge is 2.25. The van der Waals surface area contributed by atoms with Gasteiger partial charge >= 0.3 is 0 Å². The number of aromatic nitrogens is 2. The van der Waals surface area contributed by atoms with Crippen LogP contribution >= 0.6 is 11.3 Å². The Balaban J connectivity index is 1.77. The number of phenols is 1. The van der Waals surface area contributed by atoms with Crippen LogP contribution in [0.5, 0.6) is 5.75 Å². The zero-order valence-electron chi connectivity index (χ0n) is 12.6. The minimum atomic E-state index is 0.193. The summed E-state index contributed by atoms with van der Waals surface area (Å²) in [4.78, 5) is 10.2. The van der Waals surface area contributed by atoms with Crippen LogP contribution in [0.2, 0.25) is 0 Å². The third-order valence-corrected chi connectivity index (χ3v) is 5.28. The fraction of sp³-hybridized carbons (Fsp3) is 0.294. The van der Waals surface area contributed by atoms with Crippen LogP contribution in [0.4, 0.5) is 5.82 Å².